The molecule has 8 heteroatoms. The first-order valence-electron chi connectivity index (χ1n) is 7.44. The Kier molecular flexibility index (Phi) is 5.92. The highest BCUT2D eigenvalue weighted by Crippen LogP contribution is 2.38. The van der Waals surface area contributed by atoms with Gasteiger partial charge in [-0.15, -0.1) is 0 Å². The standard InChI is InChI=1S/C16H18Br2N2O4/c1-4-11-12(15(22)24-7(2)3)13(20-16(23)19-11)8-5-9(17)14(21)10(18)6-8/h5-7,13,21H,4H2,1-3H3,(H2,19,20,23). The van der Waals surface area contributed by atoms with Crippen molar-refractivity contribution in [2.75, 3.05) is 0 Å². The minimum Gasteiger partial charge on any atom is -0.506 e. The van der Waals surface area contributed by atoms with Gasteiger partial charge in [-0.05, 0) is 69.8 Å². The van der Waals surface area contributed by atoms with Crippen molar-refractivity contribution in [1.29, 1.82) is 0 Å². The summed E-state index contributed by atoms with van der Waals surface area (Å²) in [7, 11) is 0. The molecular formula is C16H18Br2N2O4. The van der Waals surface area contributed by atoms with Gasteiger partial charge >= 0.3 is 12.0 Å². The molecule has 6 nitrogen and oxygen atoms in total. The van der Waals surface area contributed by atoms with E-state index in [9.17, 15) is 14.7 Å². The molecule has 3 N–H and O–H groups in total. The molecule has 1 atom stereocenters. The number of ether oxygens (including phenoxy) is 1. The molecule has 0 bridgehead atoms. The van der Waals surface area contributed by atoms with Crippen molar-refractivity contribution in [2.45, 2.75) is 39.3 Å². The van der Waals surface area contributed by atoms with E-state index in [0.29, 0.717) is 32.2 Å². The van der Waals surface area contributed by atoms with Gasteiger partial charge < -0.3 is 20.5 Å². The van der Waals surface area contributed by atoms with Gasteiger partial charge in [0.15, 0.2) is 0 Å². The number of carbonyl (C=O) groups excluding carboxylic acids is 2. The number of esters is 1. The Balaban J connectivity index is 2.56. The molecule has 2 amide bonds. The molecule has 0 aromatic heterocycles. The van der Waals surface area contributed by atoms with Gasteiger partial charge in [-0.3, -0.25) is 0 Å². The average molecular weight is 462 g/mol. The number of phenolic OH excluding ortho intramolecular Hbond substituents is 1. The highest BCUT2D eigenvalue weighted by Gasteiger charge is 2.34. The second-order valence-electron chi connectivity index (χ2n) is 5.56. The molecule has 0 saturated heterocycles. The van der Waals surface area contributed by atoms with Crippen LogP contribution in [0.15, 0.2) is 32.3 Å². The number of benzene rings is 1. The quantitative estimate of drug-likeness (QED) is 0.593. The molecular weight excluding hydrogens is 444 g/mol. The Morgan fingerprint density at radius 3 is 2.42 bits per heavy atom. The van der Waals surface area contributed by atoms with E-state index in [-0.39, 0.29) is 11.9 Å². The maximum absolute atomic E-state index is 12.6. The van der Waals surface area contributed by atoms with Crippen LogP contribution in [-0.2, 0) is 9.53 Å². The first-order valence-corrected chi connectivity index (χ1v) is 9.02. The van der Waals surface area contributed by atoms with Crippen LogP contribution in [-0.4, -0.2) is 23.2 Å². The van der Waals surface area contributed by atoms with Gasteiger partial charge in [-0.25, -0.2) is 9.59 Å². The molecule has 1 aliphatic heterocycles. The van der Waals surface area contributed by atoms with Gasteiger partial charge in [0.05, 0.1) is 26.7 Å². The van der Waals surface area contributed by atoms with Gasteiger partial charge in [0.2, 0.25) is 0 Å². The highest BCUT2D eigenvalue weighted by atomic mass is 79.9. The molecule has 0 spiro atoms. The number of urea groups is 1. The van der Waals surface area contributed by atoms with Crippen LogP contribution in [0.4, 0.5) is 4.79 Å². The monoisotopic (exact) mass is 460 g/mol. The summed E-state index contributed by atoms with van der Waals surface area (Å²) in [5, 5.41) is 15.3. The lowest BCUT2D eigenvalue weighted by Crippen LogP contribution is -2.46. The number of hydrogen-bond acceptors (Lipinski definition) is 4. The smallest absolute Gasteiger partial charge is 0.338 e. The minimum absolute atomic E-state index is 0.0463. The molecule has 0 radical (unpaired) electrons. The van der Waals surface area contributed by atoms with Crippen molar-refractivity contribution in [3.63, 3.8) is 0 Å². The molecule has 0 fully saturated rings. The van der Waals surface area contributed by atoms with Crippen LogP contribution in [0.3, 0.4) is 0 Å². The summed E-state index contributed by atoms with van der Waals surface area (Å²) in [4.78, 5) is 24.5. The van der Waals surface area contributed by atoms with Crippen LogP contribution < -0.4 is 10.6 Å². The second-order valence-corrected chi connectivity index (χ2v) is 7.27. The molecule has 1 unspecified atom stereocenters. The normalized spacial score (nSPS) is 17.6. The van der Waals surface area contributed by atoms with E-state index in [1.165, 1.54) is 0 Å². The summed E-state index contributed by atoms with van der Waals surface area (Å²) in [6.45, 7) is 5.38. The number of rotatable bonds is 4. The molecule has 0 aliphatic carbocycles. The molecule has 0 saturated carbocycles. The topological polar surface area (TPSA) is 87.7 Å². The molecule has 1 heterocycles. The summed E-state index contributed by atoms with van der Waals surface area (Å²) in [5.74, 6) is -0.440. The summed E-state index contributed by atoms with van der Waals surface area (Å²) >= 11 is 6.54. The van der Waals surface area contributed by atoms with Crippen LogP contribution in [0.5, 0.6) is 5.75 Å². The Morgan fingerprint density at radius 1 is 1.33 bits per heavy atom. The van der Waals surface area contributed by atoms with Gasteiger partial charge in [0.1, 0.15) is 5.75 Å². The van der Waals surface area contributed by atoms with Gasteiger partial charge in [-0.1, -0.05) is 6.92 Å². The maximum Gasteiger partial charge on any atom is 0.338 e. The van der Waals surface area contributed by atoms with Crippen molar-refractivity contribution in [3.8, 4) is 5.75 Å². The van der Waals surface area contributed by atoms with Gasteiger partial charge in [0, 0.05) is 5.70 Å². The number of phenols is 1. The van der Waals surface area contributed by atoms with E-state index in [4.69, 9.17) is 4.74 Å². The zero-order valence-electron chi connectivity index (χ0n) is 13.4. The molecule has 1 aromatic carbocycles. The Bertz CT molecular complexity index is 693. The lowest BCUT2D eigenvalue weighted by atomic mass is 9.94. The third-order valence-electron chi connectivity index (χ3n) is 3.44. The first-order chi connectivity index (χ1) is 11.2. The van der Waals surface area contributed by atoms with E-state index in [1.54, 1.807) is 26.0 Å². The predicted molar refractivity (Wildman–Crippen MR) is 96.5 cm³/mol. The fourth-order valence-corrected chi connectivity index (χ4v) is 3.64. The molecule has 24 heavy (non-hydrogen) atoms. The largest absolute Gasteiger partial charge is 0.506 e. The summed E-state index contributed by atoms with van der Waals surface area (Å²) in [5.41, 5.74) is 1.52. The Labute approximate surface area is 156 Å². The Morgan fingerprint density at radius 2 is 1.92 bits per heavy atom. The fraction of sp³-hybridized carbons (Fsp3) is 0.375. The molecule has 130 valence electrons. The summed E-state index contributed by atoms with van der Waals surface area (Å²) < 4.78 is 6.24. The number of nitrogens with one attached hydrogen (secondary N) is 2. The van der Waals surface area contributed by atoms with Crippen LogP contribution >= 0.6 is 31.9 Å². The second kappa shape index (κ2) is 7.57. The van der Waals surface area contributed by atoms with Crippen molar-refractivity contribution in [3.05, 3.63) is 37.9 Å². The number of allylic oxidation sites excluding steroid dienone is 1. The minimum atomic E-state index is -0.673. The van der Waals surface area contributed by atoms with Crippen LogP contribution in [0, 0.1) is 0 Å². The fourth-order valence-electron chi connectivity index (χ4n) is 2.42. The molecule has 1 aromatic rings. The van der Waals surface area contributed by atoms with Crippen molar-refractivity contribution < 1.29 is 19.4 Å². The Hall–Kier alpha value is -1.54. The maximum atomic E-state index is 12.6. The number of amides is 2. The van der Waals surface area contributed by atoms with Crippen LogP contribution in [0.2, 0.25) is 0 Å². The number of halogens is 2. The number of aromatic hydroxyl groups is 1. The average Bonchev–Trinajstić information content (AvgIpc) is 2.50. The van der Waals surface area contributed by atoms with Gasteiger partial charge in [-0.2, -0.15) is 0 Å². The van der Waals surface area contributed by atoms with E-state index in [1.807, 2.05) is 6.92 Å². The highest BCUT2D eigenvalue weighted by molar-refractivity contribution is 9.11. The van der Waals surface area contributed by atoms with Crippen molar-refractivity contribution in [1.82, 2.24) is 10.6 Å². The molecule has 1 aliphatic rings. The van der Waals surface area contributed by atoms with Crippen LogP contribution in [0.25, 0.3) is 0 Å². The third-order valence-corrected chi connectivity index (χ3v) is 4.65. The number of hydrogen-bond donors (Lipinski definition) is 3. The van der Waals surface area contributed by atoms with E-state index in [2.05, 4.69) is 42.5 Å². The SMILES string of the molecule is CCC1=C(C(=O)OC(C)C)C(c2cc(Br)c(O)c(Br)c2)NC(=O)N1. The van der Waals surface area contributed by atoms with E-state index < -0.39 is 18.0 Å². The van der Waals surface area contributed by atoms with E-state index in [0.717, 1.165) is 0 Å². The molecule has 2 rings (SSSR count). The van der Waals surface area contributed by atoms with E-state index >= 15 is 0 Å². The summed E-state index contributed by atoms with van der Waals surface area (Å²) in [6.07, 6.45) is 0.201. The first kappa shape index (κ1) is 18.8. The lowest BCUT2D eigenvalue weighted by molar-refractivity contribution is -0.143. The number of carbonyl (C=O) groups is 2. The van der Waals surface area contributed by atoms with Crippen LogP contribution in [0.1, 0.15) is 38.8 Å². The van der Waals surface area contributed by atoms with Crippen molar-refractivity contribution in [2.24, 2.45) is 0 Å². The zero-order valence-corrected chi connectivity index (χ0v) is 16.6. The van der Waals surface area contributed by atoms with Gasteiger partial charge in [0.25, 0.3) is 0 Å². The summed E-state index contributed by atoms with van der Waals surface area (Å²) in [6, 6.07) is 2.25. The predicted octanol–water partition coefficient (Wildman–Crippen LogP) is 3.89. The van der Waals surface area contributed by atoms with Crippen molar-refractivity contribution >= 4 is 43.9 Å². The third kappa shape index (κ3) is 3.92. The lowest BCUT2D eigenvalue weighted by Gasteiger charge is -2.29. The zero-order chi connectivity index (χ0) is 18.0.